The molecule has 0 N–H and O–H groups in total. The van der Waals surface area contributed by atoms with Gasteiger partial charge in [0, 0.05) is 16.5 Å². The minimum atomic E-state index is 0.648. The van der Waals surface area contributed by atoms with Gasteiger partial charge in [-0.1, -0.05) is 182 Å². The summed E-state index contributed by atoms with van der Waals surface area (Å²) in [6.07, 6.45) is 0. The van der Waals surface area contributed by atoms with Crippen LogP contribution in [-0.2, 0) is 0 Å². The summed E-state index contributed by atoms with van der Waals surface area (Å²) < 4.78 is 2.29. The van der Waals surface area contributed by atoms with Crippen LogP contribution in [0.25, 0.3) is 105 Å². The van der Waals surface area contributed by atoms with E-state index in [0.29, 0.717) is 5.56 Å². The first kappa shape index (κ1) is 34.3. The quantitative estimate of drug-likeness (QED) is 0.156. The van der Waals surface area contributed by atoms with Crippen LogP contribution in [0.2, 0.25) is 0 Å². The highest BCUT2D eigenvalue weighted by Crippen LogP contribution is 2.46. The average Bonchev–Trinajstić information content (AvgIpc) is 3.64. The monoisotopic (exact) mass is 748 g/mol. The molecule has 2 heteroatoms. The smallest absolute Gasteiger partial charge is 0.0992 e. The summed E-state index contributed by atoms with van der Waals surface area (Å²) in [5, 5.41) is 17.0. The van der Waals surface area contributed by atoms with E-state index in [9.17, 15) is 5.26 Å². The summed E-state index contributed by atoms with van der Waals surface area (Å²) in [6.45, 7) is 0. The van der Waals surface area contributed by atoms with Gasteiger partial charge in [0.25, 0.3) is 0 Å². The highest BCUT2D eigenvalue weighted by atomic mass is 15.0. The highest BCUT2D eigenvalue weighted by molar-refractivity contribution is 6.22. The molecule has 0 unspecified atom stereocenters. The fourth-order valence-electron chi connectivity index (χ4n) is 9.02. The van der Waals surface area contributed by atoms with Crippen LogP contribution in [0.15, 0.2) is 218 Å². The number of benzene rings is 10. The first-order valence-corrected chi connectivity index (χ1v) is 20.1. The fraction of sp³-hybridized carbons (Fsp3) is 0. The summed E-state index contributed by atoms with van der Waals surface area (Å²) in [6, 6.07) is 80.8. The molecule has 2 nitrogen and oxygen atoms in total. The molecule has 0 fully saturated rings. The van der Waals surface area contributed by atoms with Gasteiger partial charge in [-0.3, -0.25) is 0 Å². The van der Waals surface area contributed by atoms with Crippen molar-refractivity contribution >= 4 is 43.4 Å². The minimum Gasteiger partial charge on any atom is -0.309 e. The topological polar surface area (TPSA) is 28.7 Å². The van der Waals surface area contributed by atoms with Gasteiger partial charge in [-0.05, 0) is 114 Å². The predicted molar refractivity (Wildman–Crippen MR) is 248 cm³/mol. The Hall–Kier alpha value is -7.99. The van der Waals surface area contributed by atoms with Crippen molar-refractivity contribution in [3.05, 3.63) is 224 Å². The molecule has 0 aliphatic heterocycles. The van der Waals surface area contributed by atoms with E-state index in [0.717, 1.165) is 38.6 Å². The summed E-state index contributed by atoms with van der Waals surface area (Å²) in [5.41, 5.74) is 15.8. The zero-order valence-electron chi connectivity index (χ0n) is 32.2. The molecular weight excluding hydrogens is 713 g/mol. The van der Waals surface area contributed by atoms with Crippen molar-refractivity contribution in [2.45, 2.75) is 0 Å². The van der Waals surface area contributed by atoms with E-state index in [1.807, 2.05) is 18.2 Å². The van der Waals surface area contributed by atoms with E-state index in [2.05, 4.69) is 211 Å². The van der Waals surface area contributed by atoms with Gasteiger partial charge in [0.15, 0.2) is 0 Å². The minimum absolute atomic E-state index is 0.648. The number of aromatic nitrogens is 1. The Kier molecular flexibility index (Phi) is 8.24. The molecule has 0 spiro atoms. The second-order valence-electron chi connectivity index (χ2n) is 15.2. The Morgan fingerprint density at radius 3 is 1.24 bits per heavy atom. The summed E-state index contributed by atoms with van der Waals surface area (Å²) in [5.74, 6) is 0. The van der Waals surface area contributed by atoms with E-state index in [1.165, 1.54) is 66.1 Å². The van der Waals surface area contributed by atoms with Crippen molar-refractivity contribution in [3.63, 3.8) is 0 Å². The van der Waals surface area contributed by atoms with Gasteiger partial charge in [-0.2, -0.15) is 5.26 Å². The van der Waals surface area contributed by atoms with Gasteiger partial charge in [0.05, 0.1) is 22.7 Å². The molecular formula is C57H36N2. The Labute approximate surface area is 343 Å². The van der Waals surface area contributed by atoms with E-state index in [4.69, 9.17) is 0 Å². The Balaban J connectivity index is 1.16. The normalized spacial score (nSPS) is 11.4. The van der Waals surface area contributed by atoms with Crippen molar-refractivity contribution in [2.75, 3.05) is 0 Å². The third-order valence-electron chi connectivity index (χ3n) is 11.8. The molecule has 11 rings (SSSR count). The van der Waals surface area contributed by atoms with Gasteiger partial charge in [0.2, 0.25) is 0 Å². The Bertz CT molecular complexity index is 3390. The fourth-order valence-corrected chi connectivity index (χ4v) is 9.02. The molecule has 0 atom stereocenters. The molecule has 0 aliphatic rings. The van der Waals surface area contributed by atoms with Crippen molar-refractivity contribution < 1.29 is 0 Å². The summed E-state index contributed by atoms with van der Waals surface area (Å²) in [7, 11) is 0. The second kappa shape index (κ2) is 14.2. The number of nitriles is 1. The number of para-hydroxylation sites is 1. The molecule has 1 aromatic heterocycles. The standard InChI is InChI=1S/C57H36N2/c58-37-38-20-31-48-49-32-29-46(36-55(49)59(54(48)34-38)47-16-8-3-9-17-47)45-30-33-52-53(35-45)57(44-27-23-42(24-28-44)40-14-6-2-7-15-40)51-19-11-10-18-50(51)56(52)43-25-21-41(22-26-43)39-12-4-1-5-13-39/h1-36H. The van der Waals surface area contributed by atoms with Crippen LogP contribution < -0.4 is 0 Å². The zero-order valence-corrected chi connectivity index (χ0v) is 32.2. The largest absolute Gasteiger partial charge is 0.309 e. The average molecular weight is 749 g/mol. The van der Waals surface area contributed by atoms with Crippen LogP contribution in [-0.4, -0.2) is 4.57 Å². The first-order valence-electron chi connectivity index (χ1n) is 20.1. The van der Waals surface area contributed by atoms with Crippen molar-refractivity contribution in [2.24, 2.45) is 0 Å². The van der Waals surface area contributed by atoms with Crippen LogP contribution in [0.5, 0.6) is 0 Å². The summed E-state index contributed by atoms with van der Waals surface area (Å²) >= 11 is 0. The molecule has 0 aliphatic carbocycles. The second-order valence-corrected chi connectivity index (χ2v) is 15.2. The maximum Gasteiger partial charge on any atom is 0.0992 e. The lowest BCUT2D eigenvalue weighted by Gasteiger charge is -2.19. The van der Waals surface area contributed by atoms with Crippen molar-refractivity contribution in [1.82, 2.24) is 4.57 Å². The number of rotatable bonds is 6. The van der Waals surface area contributed by atoms with Gasteiger partial charge < -0.3 is 4.57 Å². The number of fused-ring (bicyclic) bond motifs is 5. The van der Waals surface area contributed by atoms with Crippen LogP contribution >= 0.6 is 0 Å². The van der Waals surface area contributed by atoms with Crippen LogP contribution in [0.1, 0.15) is 5.56 Å². The van der Waals surface area contributed by atoms with Gasteiger partial charge in [-0.25, -0.2) is 0 Å². The summed E-state index contributed by atoms with van der Waals surface area (Å²) in [4.78, 5) is 0. The molecule has 0 saturated heterocycles. The molecule has 0 bridgehead atoms. The molecule has 0 amide bonds. The third-order valence-corrected chi connectivity index (χ3v) is 11.8. The predicted octanol–water partition coefficient (Wildman–Crippen LogP) is 15.3. The highest BCUT2D eigenvalue weighted by Gasteiger charge is 2.19. The lowest BCUT2D eigenvalue weighted by molar-refractivity contribution is 1.18. The van der Waals surface area contributed by atoms with E-state index < -0.39 is 0 Å². The van der Waals surface area contributed by atoms with Crippen LogP contribution in [0, 0.1) is 11.3 Å². The van der Waals surface area contributed by atoms with Gasteiger partial charge >= 0.3 is 0 Å². The number of hydrogen-bond donors (Lipinski definition) is 0. The lowest BCUT2D eigenvalue weighted by atomic mass is 9.84. The molecule has 0 radical (unpaired) electrons. The zero-order chi connectivity index (χ0) is 39.3. The maximum atomic E-state index is 9.84. The van der Waals surface area contributed by atoms with E-state index >= 15 is 0 Å². The maximum absolute atomic E-state index is 9.84. The molecule has 0 saturated carbocycles. The SMILES string of the molecule is N#Cc1ccc2c3ccc(-c4ccc5c(-c6ccc(-c7ccccc7)cc6)c6ccccc6c(-c6ccc(-c7ccccc7)cc6)c5c4)cc3n(-c3ccccc3)c2c1. The first-order chi connectivity index (χ1) is 29.2. The van der Waals surface area contributed by atoms with E-state index in [-0.39, 0.29) is 0 Å². The molecule has 59 heavy (non-hydrogen) atoms. The Morgan fingerprint density at radius 1 is 0.288 bits per heavy atom. The molecule has 10 aromatic carbocycles. The van der Waals surface area contributed by atoms with Crippen LogP contribution in [0.4, 0.5) is 0 Å². The van der Waals surface area contributed by atoms with Gasteiger partial charge in [0.1, 0.15) is 0 Å². The molecule has 274 valence electrons. The van der Waals surface area contributed by atoms with Crippen molar-refractivity contribution in [3.8, 4) is 67.4 Å². The third kappa shape index (κ3) is 5.88. The van der Waals surface area contributed by atoms with E-state index in [1.54, 1.807) is 0 Å². The molecule has 11 aromatic rings. The molecule has 1 heterocycles. The number of hydrogen-bond acceptors (Lipinski definition) is 1. The lowest BCUT2D eigenvalue weighted by Crippen LogP contribution is -1.94. The van der Waals surface area contributed by atoms with Crippen molar-refractivity contribution in [1.29, 1.82) is 5.26 Å². The Morgan fingerprint density at radius 2 is 0.678 bits per heavy atom. The van der Waals surface area contributed by atoms with Gasteiger partial charge in [-0.15, -0.1) is 0 Å². The number of nitrogens with zero attached hydrogens (tertiary/aromatic N) is 2. The van der Waals surface area contributed by atoms with Crippen LogP contribution in [0.3, 0.4) is 0 Å².